The fraction of sp³-hybridized carbons (Fsp3) is 0.812. The first-order valence-corrected chi connectivity index (χ1v) is 23.8. The molecular weight excluding hydrogens is 683 g/mol. The van der Waals surface area contributed by atoms with Crippen molar-refractivity contribution in [3.8, 4) is 0 Å². The van der Waals surface area contributed by atoms with Gasteiger partial charge in [-0.2, -0.15) is 0 Å². The number of hydrogen-bond donors (Lipinski definition) is 2. The van der Waals surface area contributed by atoms with Crippen molar-refractivity contribution in [1.29, 1.82) is 0 Å². The molecule has 0 fully saturated rings. The van der Waals surface area contributed by atoms with Gasteiger partial charge in [0.1, 0.15) is 0 Å². The molecule has 2 aliphatic rings. The Morgan fingerprint density at radius 3 is 1.23 bits per heavy atom. The van der Waals surface area contributed by atoms with Gasteiger partial charge in [-0.25, -0.2) is 0 Å². The summed E-state index contributed by atoms with van der Waals surface area (Å²) in [4.78, 5) is 2.58. The van der Waals surface area contributed by atoms with Crippen molar-refractivity contribution in [2.24, 2.45) is 5.92 Å². The van der Waals surface area contributed by atoms with Crippen LogP contribution in [0.4, 0.5) is 0 Å². The summed E-state index contributed by atoms with van der Waals surface area (Å²) in [6, 6.07) is 0. The van der Waals surface area contributed by atoms with Crippen LogP contribution < -0.4 is 10.6 Å². The summed E-state index contributed by atoms with van der Waals surface area (Å²) in [6.07, 6.45) is 19.8. The van der Waals surface area contributed by atoms with Crippen molar-refractivity contribution < 1.29 is 0 Å². The average Bonchev–Trinajstić information content (AvgIpc) is 4.01. The topological polar surface area (TPSA) is 27.3 Å². The van der Waals surface area contributed by atoms with Crippen LogP contribution in [0.2, 0.25) is 0 Å². The maximum Gasteiger partial charge on any atom is 0.0585 e. The summed E-state index contributed by atoms with van der Waals surface area (Å²) in [6.45, 7) is 58.4. The predicted octanol–water partition coefficient (Wildman–Crippen LogP) is 17.3. The van der Waals surface area contributed by atoms with Gasteiger partial charge in [-0.3, -0.25) is 0 Å². The zero-order valence-corrected chi connectivity index (χ0v) is 44.2. The van der Waals surface area contributed by atoms with Gasteiger partial charge in [0.15, 0.2) is 0 Å². The molecule has 0 bridgehead atoms. The van der Waals surface area contributed by atoms with Gasteiger partial charge >= 0.3 is 0 Å². The molecule has 0 aliphatic heterocycles. The van der Waals surface area contributed by atoms with Crippen LogP contribution in [-0.2, 0) is 0 Å². The smallest absolute Gasteiger partial charge is 0.0585 e. The highest BCUT2D eigenvalue weighted by Gasteiger charge is 2.13. The molecule has 0 saturated carbocycles. The minimum Gasteiger partial charge on any atom is -0.320 e. The molecule has 5 heteroatoms. The van der Waals surface area contributed by atoms with Crippen molar-refractivity contribution in [3.63, 3.8) is 0 Å². The van der Waals surface area contributed by atoms with E-state index in [2.05, 4.69) is 161 Å². The van der Waals surface area contributed by atoms with E-state index in [0.717, 1.165) is 25.6 Å². The first-order valence-electron chi connectivity index (χ1n) is 22.0. The molecule has 0 radical (unpaired) electrons. The number of unbranched alkanes of at least 4 members (excludes halogenated alkanes) is 1. The Morgan fingerprint density at radius 2 is 1.06 bits per heavy atom. The molecule has 0 heterocycles. The Hall–Kier alpha value is -0.720. The van der Waals surface area contributed by atoms with Gasteiger partial charge in [0.05, 0.1) is 4.87 Å². The second-order valence-electron chi connectivity index (χ2n) is 10.4. The lowest BCUT2D eigenvalue weighted by atomic mass is 9.94. The zero-order chi connectivity index (χ0) is 45.5. The van der Waals surface area contributed by atoms with E-state index in [0.29, 0.717) is 0 Å². The molecule has 2 N–H and O–H groups in total. The van der Waals surface area contributed by atoms with Gasteiger partial charge in [-0.15, -0.1) is 24.9 Å². The van der Waals surface area contributed by atoms with Crippen LogP contribution in [0.3, 0.4) is 0 Å². The molecule has 2 aliphatic carbocycles. The highest BCUT2D eigenvalue weighted by atomic mass is 32.2. The molecule has 0 saturated heterocycles. The largest absolute Gasteiger partial charge is 0.320 e. The summed E-state index contributed by atoms with van der Waals surface area (Å²) in [5.74, 6) is 3.67. The van der Waals surface area contributed by atoms with Crippen LogP contribution in [0.25, 0.3) is 0 Å². The molecule has 0 unspecified atom stereocenters. The average molecular weight is 797 g/mol. The Labute approximate surface area is 354 Å². The third-order valence-electron chi connectivity index (χ3n) is 5.08. The molecule has 0 aromatic rings. The van der Waals surface area contributed by atoms with E-state index in [4.69, 9.17) is 0 Å². The standard InChI is InChI=1S/C10H24N2S.C9H14.C4H11N.C4H6.2C3H8.6C2H6.C2H4.CH2S/c1-6-8-12(4)9-7-11-10(2,3)13-5;1-3-4-5-9-7-6-8(9)2;1-3-4-5-2;1-4-2-3-4;2*1-3-2;8*1-2/h11H,6-9H2,1-5H3;6-7H,3-5H2,1-2H3;5H,3-4H2,1-2H3;2-4H,1H3;2*3H2,1-2H3;6*1-2H3;1-2H2;1H2. The van der Waals surface area contributed by atoms with Crippen molar-refractivity contribution >= 4 is 29.9 Å². The fourth-order valence-corrected chi connectivity index (χ4v) is 2.74. The van der Waals surface area contributed by atoms with E-state index in [1.54, 1.807) is 5.57 Å². The van der Waals surface area contributed by atoms with Gasteiger partial charge in [0.2, 0.25) is 0 Å². The van der Waals surface area contributed by atoms with Gasteiger partial charge in [-0.05, 0) is 103 Å². The van der Waals surface area contributed by atoms with Crippen molar-refractivity contribution in [2.45, 2.75) is 209 Å². The number of nitrogens with zero attached hydrogens (tertiary/aromatic N) is 1. The number of thioether (sulfide) groups is 1. The molecular formula is C48H113N3S2. The van der Waals surface area contributed by atoms with Gasteiger partial charge in [-0.1, -0.05) is 194 Å². The third kappa shape index (κ3) is 136. The van der Waals surface area contributed by atoms with E-state index in [9.17, 15) is 0 Å². The molecule has 53 heavy (non-hydrogen) atoms. The normalized spacial score (nSPS) is 9.79. The number of likely N-dealkylation sites (N-methyl/N-ethyl adjacent to an activating group) is 1. The van der Waals surface area contributed by atoms with Gasteiger partial charge in [0, 0.05) is 13.1 Å². The van der Waals surface area contributed by atoms with E-state index < -0.39 is 0 Å². The van der Waals surface area contributed by atoms with Crippen molar-refractivity contribution in [2.75, 3.05) is 46.5 Å². The fourth-order valence-electron chi connectivity index (χ4n) is 2.49. The number of allylic oxidation sites excluding steroid dienone is 6. The second-order valence-corrected chi connectivity index (χ2v) is 11.8. The summed E-state index contributed by atoms with van der Waals surface area (Å²) in [7, 11) is 4.14. The van der Waals surface area contributed by atoms with Crippen LogP contribution in [0.15, 0.2) is 48.6 Å². The second kappa shape index (κ2) is 104. The lowest BCUT2D eigenvalue weighted by Gasteiger charge is -2.25. The maximum atomic E-state index is 3.83. The Balaban J connectivity index is -0.0000000372. The highest BCUT2D eigenvalue weighted by Crippen LogP contribution is 2.23. The summed E-state index contributed by atoms with van der Waals surface area (Å²) in [5, 5.41) is 6.54. The minimum atomic E-state index is 0.215. The van der Waals surface area contributed by atoms with Crippen LogP contribution in [0.1, 0.15) is 204 Å². The van der Waals surface area contributed by atoms with Crippen LogP contribution in [-0.4, -0.2) is 62.2 Å². The maximum absolute atomic E-state index is 3.83. The van der Waals surface area contributed by atoms with E-state index in [-0.39, 0.29) is 4.87 Å². The lowest BCUT2D eigenvalue weighted by molar-refractivity contribution is 0.324. The van der Waals surface area contributed by atoms with Crippen molar-refractivity contribution in [1.82, 2.24) is 15.5 Å². The molecule has 0 atom stereocenters. The molecule has 0 aromatic carbocycles. The highest BCUT2D eigenvalue weighted by molar-refractivity contribution is 7.99. The van der Waals surface area contributed by atoms with Crippen LogP contribution in [0.5, 0.6) is 0 Å². The molecule has 3 nitrogen and oxygen atoms in total. The van der Waals surface area contributed by atoms with Crippen molar-refractivity contribution in [3.05, 3.63) is 48.6 Å². The first kappa shape index (κ1) is 84.7. The Morgan fingerprint density at radius 1 is 0.698 bits per heavy atom. The number of nitrogens with one attached hydrogen (secondary N) is 2. The number of hydrogen-bond acceptors (Lipinski definition) is 5. The summed E-state index contributed by atoms with van der Waals surface area (Å²) >= 11 is 5.70. The number of thiocarbonyl (C=S) groups is 1. The molecule has 332 valence electrons. The van der Waals surface area contributed by atoms with E-state index in [1.807, 2.05) is 102 Å². The van der Waals surface area contributed by atoms with E-state index in [1.165, 1.54) is 57.1 Å². The SMILES string of the molecule is C=C.C=S.CC.CC.CC.CC.CC.CC.CC1C=C1.CCC.CCC.CCCCC1=CC=C1C.CCCN(C)CCNC(C)(C)SC.CCCNC. The third-order valence-corrected chi connectivity index (χ3v) is 6.24. The Bertz CT molecular complexity index is 547. The zero-order valence-electron chi connectivity index (χ0n) is 42.5. The van der Waals surface area contributed by atoms with Crippen LogP contribution >= 0.6 is 24.0 Å². The molecule has 0 spiro atoms. The van der Waals surface area contributed by atoms with Gasteiger partial charge in [0.25, 0.3) is 0 Å². The molecule has 2 rings (SSSR count). The minimum absolute atomic E-state index is 0.215. The lowest BCUT2D eigenvalue weighted by Crippen LogP contribution is -2.40. The van der Waals surface area contributed by atoms with E-state index >= 15 is 0 Å². The molecule has 0 amide bonds. The monoisotopic (exact) mass is 796 g/mol. The predicted molar refractivity (Wildman–Crippen MR) is 273 cm³/mol. The quantitative estimate of drug-likeness (QED) is 0.117. The molecule has 0 aromatic heterocycles. The van der Waals surface area contributed by atoms with Crippen LogP contribution in [0, 0.1) is 5.92 Å². The number of rotatable bonds is 12. The summed E-state index contributed by atoms with van der Waals surface area (Å²) in [5.41, 5.74) is 3.06. The Kier molecular flexibility index (Phi) is 167. The first-order chi connectivity index (χ1) is 25.5. The summed E-state index contributed by atoms with van der Waals surface area (Å²) < 4.78 is 0. The van der Waals surface area contributed by atoms with Gasteiger partial charge < -0.3 is 15.5 Å².